The minimum absolute atomic E-state index is 0.0386. The van der Waals surface area contributed by atoms with E-state index in [2.05, 4.69) is 15.6 Å². The van der Waals surface area contributed by atoms with Crippen molar-refractivity contribution in [2.45, 2.75) is 38.6 Å². The molecule has 3 aromatic rings. The van der Waals surface area contributed by atoms with Crippen LogP contribution in [0.4, 0.5) is 17.5 Å². The fourth-order valence-corrected chi connectivity index (χ4v) is 3.45. The van der Waals surface area contributed by atoms with Gasteiger partial charge in [-0.1, -0.05) is 37.1 Å². The molecular formula is C21H22N4O. The van der Waals surface area contributed by atoms with E-state index in [0.29, 0.717) is 17.6 Å². The molecule has 5 heteroatoms. The number of Topliss-reactive ketones (excluding diaryl/α,β-unsaturated/α-hetero) is 1. The van der Waals surface area contributed by atoms with E-state index < -0.39 is 0 Å². The molecule has 4 rings (SSSR count). The minimum Gasteiger partial charge on any atom is -0.367 e. The maximum atomic E-state index is 11.6. The lowest BCUT2D eigenvalue weighted by Gasteiger charge is -2.16. The molecule has 2 aromatic carbocycles. The Morgan fingerprint density at radius 3 is 2.65 bits per heavy atom. The van der Waals surface area contributed by atoms with Crippen molar-refractivity contribution in [1.29, 1.82) is 0 Å². The van der Waals surface area contributed by atoms with E-state index in [0.717, 1.165) is 22.4 Å². The molecule has 0 aliphatic heterocycles. The number of carbonyl (C=O) groups is 1. The number of nitrogens with zero attached hydrogens (tertiary/aromatic N) is 2. The van der Waals surface area contributed by atoms with Crippen molar-refractivity contribution in [2.75, 3.05) is 10.6 Å². The number of anilines is 3. The van der Waals surface area contributed by atoms with Gasteiger partial charge in [0.2, 0.25) is 5.95 Å². The highest BCUT2D eigenvalue weighted by Gasteiger charge is 2.17. The third kappa shape index (κ3) is 3.52. The third-order valence-electron chi connectivity index (χ3n) is 4.82. The number of hydrogen-bond acceptors (Lipinski definition) is 5. The Labute approximate surface area is 152 Å². The summed E-state index contributed by atoms with van der Waals surface area (Å²) in [7, 11) is 0. The Kier molecular flexibility index (Phi) is 4.52. The van der Waals surface area contributed by atoms with Crippen LogP contribution in [0.25, 0.3) is 10.9 Å². The Morgan fingerprint density at radius 2 is 1.85 bits per heavy atom. The van der Waals surface area contributed by atoms with Gasteiger partial charge in [0.1, 0.15) is 5.82 Å². The van der Waals surface area contributed by atoms with Crippen LogP contribution in [0, 0.1) is 0 Å². The lowest BCUT2D eigenvalue weighted by molar-refractivity contribution is 0.101. The summed E-state index contributed by atoms with van der Waals surface area (Å²) in [6, 6.07) is 15.9. The van der Waals surface area contributed by atoms with E-state index in [1.165, 1.54) is 25.7 Å². The monoisotopic (exact) mass is 346 g/mol. The maximum absolute atomic E-state index is 11.6. The molecular weight excluding hydrogens is 324 g/mol. The van der Waals surface area contributed by atoms with Gasteiger partial charge in [0.25, 0.3) is 0 Å². The molecule has 0 amide bonds. The van der Waals surface area contributed by atoms with Crippen LogP contribution in [0.1, 0.15) is 43.0 Å². The van der Waals surface area contributed by atoms with Crippen molar-refractivity contribution in [3.05, 3.63) is 54.1 Å². The number of rotatable bonds is 5. The van der Waals surface area contributed by atoms with Crippen molar-refractivity contribution in [3.8, 4) is 0 Å². The van der Waals surface area contributed by atoms with Crippen molar-refractivity contribution < 1.29 is 4.79 Å². The summed E-state index contributed by atoms with van der Waals surface area (Å²) in [5.41, 5.74) is 2.37. The predicted octanol–water partition coefficient (Wildman–Crippen LogP) is 4.93. The number of benzene rings is 2. The van der Waals surface area contributed by atoms with E-state index >= 15 is 0 Å². The van der Waals surface area contributed by atoms with Gasteiger partial charge in [-0.2, -0.15) is 4.98 Å². The lowest BCUT2D eigenvalue weighted by atomic mass is 10.1. The molecule has 1 aliphatic rings. The molecule has 0 saturated heterocycles. The molecule has 5 nitrogen and oxygen atoms in total. The summed E-state index contributed by atoms with van der Waals surface area (Å²) in [5.74, 6) is 1.44. The zero-order valence-electron chi connectivity index (χ0n) is 14.8. The second kappa shape index (κ2) is 7.12. The summed E-state index contributed by atoms with van der Waals surface area (Å²) < 4.78 is 0. The average molecular weight is 346 g/mol. The van der Waals surface area contributed by atoms with Gasteiger partial charge in [0.05, 0.1) is 5.52 Å². The van der Waals surface area contributed by atoms with Crippen molar-refractivity contribution in [3.63, 3.8) is 0 Å². The summed E-state index contributed by atoms with van der Waals surface area (Å²) >= 11 is 0. The first-order chi connectivity index (χ1) is 12.7. The van der Waals surface area contributed by atoms with Crippen molar-refractivity contribution >= 4 is 34.1 Å². The van der Waals surface area contributed by atoms with E-state index in [4.69, 9.17) is 4.98 Å². The molecule has 1 fully saturated rings. The van der Waals surface area contributed by atoms with E-state index in [-0.39, 0.29) is 5.78 Å². The molecule has 1 heterocycles. The quantitative estimate of drug-likeness (QED) is 0.641. The number of nitrogens with one attached hydrogen (secondary N) is 2. The van der Waals surface area contributed by atoms with Gasteiger partial charge in [-0.25, -0.2) is 4.98 Å². The number of hydrogen-bond donors (Lipinski definition) is 2. The Hall–Kier alpha value is -2.95. The van der Waals surface area contributed by atoms with Crippen molar-refractivity contribution in [1.82, 2.24) is 9.97 Å². The molecule has 0 unspecified atom stereocenters. The number of para-hydroxylation sites is 1. The van der Waals surface area contributed by atoms with Gasteiger partial charge in [-0.3, -0.25) is 4.79 Å². The second-order valence-electron chi connectivity index (χ2n) is 6.80. The molecule has 0 atom stereocenters. The molecule has 2 N–H and O–H groups in total. The number of fused-ring (bicyclic) bond motifs is 1. The fraction of sp³-hybridized carbons (Fsp3) is 0.286. The third-order valence-corrected chi connectivity index (χ3v) is 4.82. The SMILES string of the molecule is CC(=O)c1cccc(Nc2nc(NC3CCCC3)c3ccccc3n2)c1. The molecule has 0 bridgehead atoms. The van der Waals surface area contributed by atoms with Crippen molar-refractivity contribution in [2.24, 2.45) is 0 Å². The highest BCUT2D eigenvalue weighted by molar-refractivity contribution is 5.95. The number of ketones is 1. The Morgan fingerprint density at radius 1 is 1.04 bits per heavy atom. The van der Waals surface area contributed by atoms with Crippen LogP contribution in [-0.4, -0.2) is 21.8 Å². The van der Waals surface area contributed by atoms with Crippen LogP contribution in [0.15, 0.2) is 48.5 Å². The van der Waals surface area contributed by atoms with Crippen LogP contribution in [0.5, 0.6) is 0 Å². The van der Waals surface area contributed by atoms with Crippen LogP contribution in [0.2, 0.25) is 0 Å². The van der Waals surface area contributed by atoms with Crippen LogP contribution in [0.3, 0.4) is 0 Å². The topological polar surface area (TPSA) is 66.9 Å². The molecule has 1 aromatic heterocycles. The van der Waals surface area contributed by atoms with E-state index in [1.807, 2.05) is 48.5 Å². The van der Waals surface area contributed by atoms with Gasteiger partial charge in [0.15, 0.2) is 5.78 Å². The smallest absolute Gasteiger partial charge is 0.229 e. The molecule has 26 heavy (non-hydrogen) atoms. The summed E-state index contributed by atoms with van der Waals surface area (Å²) in [5, 5.41) is 7.87. The first kappa shape index (κ1) is 16.5. The fourth-order valence-electron chi connectivity index (χ4n) is 3.45. The molecule has 132 valence electrons. The van der Waals surface area contributed by atoms with Gasteiger partial charge < -0.3 is 10.6 Å². The average Bonchev–Trinajstić information content (AvgIpc) is 3.15. The minimum atomic E-state index is 0.0386. The largest absolute Gasteiger partial charge is 0.367 e. The Bertz CT molecular complexity index is 948. The highest BCUT2D eigenvalue weighted by Crippen LogP contribution is 2.27. The molecule has 0 spiro atoms. The zero-order chi connectivity index (χ0) is 17.9. The lowest BCUT2D eigenvalue weighted by Crippen LogP contribution is -2.16. The van der Waals surface area contributed by atoms with Gasteiger partial charge >= 0.3 is 0 Å². The summed E-state index contributed by atoms with van der Waals surface area (Å²) in [6.45, 7) is 1.56. The normalized spacial score (nSPS) is 14.5. The summed E-state index contributed by atoms with van der Waals surface area (Å²) in [4.78, 5) is 21.0. The first-order valence-corrected chi connectivity index (χ1v) is 9.10. The number of aromatic nitrogens is 2. The van der Waals surface area contributed by atoms with Crippen LogP contribution in [-0.2, 0) is 0 Å². The maximum Gasteiger partial charge on any atom is 0.229 e. The highest BCUT2D eigenvalue weighted by atomic mass is 16.1. The standard InChI is InChI=1S/C21H22N4O/c1-14(26)15-7-6-10-17(13-15)23-21-24-19-12-5-4-11-18(19)20(25-21)22-16-8-2-3-9-16/h4-7,10-13,16H,2-3,8-9H2,1H3,(H2,22,23,24,25). The van der Waals surface area contributed by atoms with E-state index in [1.54, 1.807) is 6.92 Å². The number of carbonyl (C=O) groups excluding carboxylic acids is 1. The summed E-state index contributed by atoms with van der Waals surface area (Å²) in [6.07, 6.45) is 4.90. The van der Waals surface area contributed by atoms with Crippen LogP contribution >= 0.6 is 0 Å². The van der Waals surface area contributed by atoms with Gasteiger partial charge in [-0.05, 0) is 44.0 Å². The molecule has 1 saturated carbocycles. The van der Waals surface area contributed by atoms with Gasteiger partial charge in [0, 0.05) is 22.7 Å². The zero-order valence-corrected chi connectivity index (χ0v) is 14.8. The van der Waals surface area contributed by atoms with E-state index in [9.17, 15) is 4.79 Å². The van der Waals surface area contributed by atoms with Gasteiger partial charge in [-0.15, -0.1) is 0 Å². The first-order valence-electron chi connectivity index (χ1n) is 9.10. The Balaban J connectivity index is 1.68. The predicted molar refractivity (Wildman–Crippen MR) is 105 cm³/mol. The molecule has 1 aliphatic carbocycles. The van der Waals surface area contributed by atoms with Crippen LogP contribution < -0.4 is 10.6 Å². The second-order valence-corrected chi connectivity index (χ2v) is 6.80. The molecule has 0 radical (unpaired) electrons.